The molecule has 0 radical (unpaired) electrons. The Balaban J connectivity index is 2.11. The van der Waals surface area contributed by atoms with Crippen molar-refractivity contribution in [2.24, 2.45) is 0 Å². The maximum absolute atomic E-state index is 11.1. The summed E-state index contributed by atoms with van der Waals surface area (Å²) in [7, 11) is 0. The summed E-state index contributed by atoms with van der Waals surface area (Å²) in [5, 5.41) is 12.5. The van der Waals surface area contributed by atoms with Gasteiger partial charge in [-0.2, -0.15) is 0 Å². The van der Waals surface area contributed by atoms with Gasteiger partial charge >= 0.3 is 5.97 Å². The summed E-state index contributed by atoms with van der Waals surface area (Å²) < 4.78 is 0. The van der Waals surface area contributed by atoms with Crippen LogP contribution in [-0.4, -0.2) is 51.6 Å². The number of halogens is 1. The first kappa shape index (κ1) is 12.2. The summed E-state index contributed by atoms with van der Waals surface area (Å²) in [6.07, 6.45) is 3.07. The Hall–Kier alpha value is -1.24. The topological polar surface area (TPSA) is 78.4 Å². The Kier molecular flexibility index (Phi) is 3.88. The second-order valence-corrected chi connectivity index (χ2v) is 4.18. The maximum Gasteiger partial charge on any atom is 0.322 e. The molecule has 6 nitrogen and oxygen atoms in total. The zero-order valence-electron chi connectivity index (χ0n) is 9.14. The zero-order valence-corrected chi connectivity index (χ0v) is 9.89. The van der Waals surface area contributed by atoms with E-state index in [0.717, 1.165) is 6.54 Å². The van der Waals surface area contributed by atoms with Crippen molar-refractivity contribution in [3.8, 4) is 0 Å². The van der Waals surface area contributed by atoms with Crippen LogP contribution in [-0.2, 0) is 11.3 Å². The molecule has 92 valence electrons. The number of carbonyl (C=O) groups is 1. The predicted octanol–water partition coefficient (Wildman–Crippen LogP) is -0.0116. The summed E-state index contributed by atoms with van der Waals surface area (Å²) in [6.45, 7) is 2.27. The Bertz CT molecular complexity index is 415. The van der Waals surface area contributed by atoms with Crippen molar-refractivity contribution in [2.75, 3.05) is 19.6 Å². The Morgan fingerprint density at radius 1 is 1.59 bits per heavy atom. The molecule has 7 heteroatoms. The van der Waals surface area contributed by atoms with Crippen LogP contribution in [0.2, 0.25) is 5.15 Å². The van der Waals surface area contributed by atoms with Crippen molar-refractivity contribution in [3.63, 3.8) is 0 Å². The molecule has 2 heterocycles. The van der Waals surface area contributed by atoms with E-state index < -0.39 is 12.0 Å². The number of hydrogen-bond acceptors (Lipinski definition) is 5. The van der Waals surface area contributed by atoms with Gasteiger partial charge in [-0.15, -0.1) is 0 Å². The van der Waals surface area contributed by atoms with Gasteiger partial charge in [0.05, 0.1) is 5.69 Å². The van der Waals surface area contributed by atoms with Crippen LogP contribution in [0.4, 0.5) is 0 Å². The lowest BCUT2D eigenvalue weighted by atomic mass is 10.2. The van der Waals surface area contributed by atoms with Crippen LogP contribution in [0.25, 0.3) is 0 Å². The lowest BCUT2D eigenvalue weighted by Gasteiger charge is -2.33. The number of piperazine rings is 1. The van der Waals surface area contributed by atoms with E-state index in [-0.39, 0.29) is 0 Å². The molecule has 0 aliphatic carbocycles. The molecule has 1 aliphatic rings. The van der Waals surface area contributed by atoms with Gasteiger partial charge in [-0.25, -0.2) is 4.98 Å². The minimum atomic E-state index is -0.836. The molecular formula is C10H13ClN4O2. The minimum absolute atomic E-state index is 0.329. The number of nitrogens with one attached hydrogen (secondary N) is 1. The number of carboxylic acid groups (broad SMARTS) is 1. The molecule has 17 heavy (non-hydrogen) atoms. The number of aromatic nitrogens is 2. The highest BCUT2D eigenvalue weighted by molar-refractivity contribution is 6.29. The third-order valence-electron chi connectivity index (χ3n) is 2.72. The molecule has 0 aromatic carbocycles. The average molecular weight is 257 g/mol. The first-order valence-electron chi connectivity index (χ1n) is 5.31. The average Bonchev–Trinajstić information content (AvgIpc) is 2.32. The summed E-state index contributed by atoms with van der Waals surface area (Å²) >= 11 is 5.91. The second-order valence-electron chi connectivity index (χ2n) is 3.82. The lowest BCUT2D eigenvalue weighted by molar-refractivity contribution is -0.144. The molecule has 1 aromatic heterocycles. The van der Waals surface area contributed by atoms with Gasteiger partial charge in [-0.3, -0.25) is 14.7 Å². The van der Waals surface area contributed by atoms with Gasteiger partial charge < -0.3 is 10.4 Å². The molecular weight excluding hydrogens is 244 g/mol. The lowest BCUT2D eigenvalue weighted by Crippen LogP contribution is -2.54. The molecule has 0 spiro atoms. The number of rotatable bonds is 3. The Morgan fingerprint density at radius 3 is 3.06 bits per heavy atom. The van der Waals surface area contributed by atoms with E-state index in [9.17, 15) is 4.79 Å². The molecule has 0 unspecified atom stereocenters. The quantitative estimate of drug-likeness (QED) is 0.792. The van der Waals surface area contributed by atoms with Gasteiger partial charge in [-0.1, -0.05) is 11.6 Å². The van der Waals surface area contributed by atoms with Crippen LogP contribution < -0.4 is 5.32 Å². The van der Waals surface area contributed by atoms with Crippen molar-refractivity contribution in [2.45, 2.75) is 12.6 Å². The Morgan fingerprint density at radius 2 is 2.35 bits per heavy atom. The van der Waals surface area contributed by atoms with E-state index in [1.165, 1.54) is 6.20 Å². The van der Waals surface area contributed by atoms with Gasteiger partial charge in [0, 0.05) is 38.6 Å². The van der Waals surface area contributed by atoms with E-state index in [1.807, 2.05) is 4.90 Å². The van der Waals surface area contributed by atoms with Crippen LogP contribution in [0.3, 0.4) is 0 Å². The van der Waals surface area contributed by atoms with Gasteiger partial charge in [0.2, 0.25) is 0 Å². The summed E-state index contributed by atoms with van der Waals surface area (Å²) in [5.74, 6) is -0.836. The fourth-order valence-electron chi connectivity index (χ4n) is 1.83. The molecule has 0 saturated carbocycles. The molecule has 0 amide bonds. The van der Waals surface area contributed by atoms with Crippen molar-refractivity contribution < 1.29 is 9.90 Å². The predicted molar refractivity (Wildman–Crippen MR) is 61.7 cm³/mol. The number of aliphatic carboxylic acids is 1. The number of hydrogen-bond donors (Lipinski definition) is 2. The highest BCUT2D eigenvalue weighted by Crippen LogP contribution is 2.14. The smallest absolute Gasteiger partial charge is 0.322 e. The van der Waals surface area contributed by atoms with Crippen LogP contribution in [0, 0.1) is 0 Å². The fourth-order valence-corrected chi connectivity index (χ4v) is 1.99. The van der Waals surface area contributed by atoms with Crippen LogP contribution >= 0.6 is 11.6 Å². The number of carboxylic acids is 1. The monoisotopic (exact) mass is 256 g/mol. The van der Waals surface area contributed by atoms with E-state index >= 15 is 0 Å². The van der Waals surface area contributed by atoms with Crippen LogP contribution in [0.5, 0.6) is 0 Å². The van der Waals surface area contributed by atoms with Crippen molar-refractivity contribution in [3.05, 3.63) is 23.2 Å². The van der Waals surface area contributed by atoms with Gasteiger partial charge in [-0.05, 0) is 0 Å². The molecule has 1 fully saturated rings. The normalized spacial score (nSPS) is 21.4. The Labute approximate surface area is 104 Å². The van der Waals surface area contributed by atoms with Crippen molar-refractivity contribution in [1.29, 1.82) is 0 Å². The fraction of sp³-hybridized carbons (Fsp3) is 0.500. The maximum atomic E-state index is 11.1. The standard InChI is InChI=1S/C10H13ClN4O2/c11-9-7(13-1-2-14-9)6-15-4-3-12-5-8(15)10(16)17/h1-2,8,12H,3-6H2,(H,16,17)/t8-/m1/s1. The molecule has 1 atom stereocenters. The molecule has 1 aliphatic heterocycles. The summed E-state index contributed by atoms with van der Waals surface area (Å²) in [6, 6.07) is -0.540. The molecule has 2 rings (SSSR count). The van der Waals surface area contributed by atoms with Crippen LogP contribution in [0.15, 0.2) is 12.4 Å². The minimum Gasteiger partial charge on any atom is -0.480 e. The van der Waals surface area contributed by atoms with E-state index in [4.69, 9.17) is 16.7 Å². The van der Waals surface area contributed by atoms with E-state index in [2.05, 4.69) is 15.3 Å². The van der Waals surface area contributed by atoms with E-state index in [1.54, 1.807) is 6.20 Å². The second kappa shape index (κ2) is 5.39. The van der Waals surface area contributed by atoms with Gasteiger partial charge in [0.25, 0.3) is 0 Å². The SMILES string of the molecule is O=C(O)[C@H]1CNCCN1Cc1nccnc1Cl. The first-order chi connectivity index (χ1) is 8.18. The zero-order chi connectivity index (χ0) is 12.3. The summed E-state index contributed by atoms with van der Waals surface area (Å²) in [4.78, 5) is 21.0. The van der Waals surface area contributed by atoms with Crippen molar-refractivity contribution >= 4 is 17.6 Å². The molecule has 2 N–H and O–H groups in total. The van der Waals surface area contributed by atoms with E-state index in [0.29, 0.717) is 30.5 Å². The van der Waals surface area contributed by atoms with Gasteiger partial charge in [0.1, 0.15) is 6.04 Å². The first-order valence-corrected chi connectivity index (χ1v) is 5.69. The molecule has 1 aromatic rings. The molecule has 0 bridgehead atoms. The van der Waals surface area contributed by atoms with Gasteiger partial charge in [0.15, 0.2) is 5.15 Å². The highest BCUT2D eigenvalue weighted by atomic mass is 35.5. The third-order valence-corrected chi connectivity index (χ3v) is 3.03. The largest absolute Gasteiger partial charge is 0.480 e. The summed E-state index contributed by atoms with van der Waals surface area (Å²) in [5.41, 5.74) is 0.613. The molecule has 1 saturated heterocycles. The highest BCUT2D eigenvalue weighted by Gasteiger charge is 2.28. The number of nitrogens with zero attached hydrogens (tertiary/aromatic N) is 3. The van der Waals surface area contributed by atoms with Crippen molar-refractivity contribution in [1.82, 2.24) is 20.2 Å². The third kappa shape index (κ3) is 2.91. The van der Waals surface area contributed by atoms with Crippen LogP contribution in [0.1, 0.15) is 5.69 Å².